The molecule has 1 N–H and O–H groups in total. The standard InChI is InChI=1S/C19H19N3O2/c1-13-6-5-9-18(20-13)21-19(24)12-17-16-8-4-3-7-15(16)10-11-22(17)14(2)23/h3-11,17H,12H2,1-2H3,(H,20,21,24)/t17-/m1/s1. The number of aromatic nitrogens is 1. The summed E-state index contributed by atoms with van der Waals surface area (Å²) in [4.78, 5) is 30.3. The van der Waals surface area contributed by atoms with E-state index in [0.717, 1.165) is 16.8 Å². The number of aryl methyl sites for hydroxylation is 1. The number of anilines is 1. The monoisotopic (exact) mass is 321 g/mol. The van der Waals surface area contributed by atoms with Crippen LogP contribution in [0, 0.1) is 6.92 Å². The van der Waals surface area contributed by atoms with Gasteiger partial charge in [-0.1, -0.05) is 30.3 Å². The number of rotatable bonds is 3. The van der Waals surface area contributed by atoms with Gasteiger partial charge in [-0.3, -0.25) is 9.59 Å². The Morgan fingerprint density at radius 2 is 1.96 bits per heavy atom. The lowest BCUT2D eigenvalue weighted by atomic mass is 9.93. The molecule has 0 bridgehead atoms. The smallest absolute Gasteiger partial charge is 0.227 e. The van der Waals surface area contributed by atoms with Crippen LogP contribution >= 0.6 is 0 Å². The fraction of sp³-hybridized carbons (Fsp3) is 0.211. The average Bonchev–Trinajstić information content (AvgIpc) is 2.54. The van der Waals surface area contributed by atoms with Crippen LogP contribution in [0.2, 0.25) is 0 Å². The van der Waals surface area contributed by atoms with Gasteiger partial charge in [-0.15, -0.1) is 0 Å². The fourth-order valence-corrected chi connectivity index (χ4v) is 2.90. The minimum absolute atomic E-state index is 0.0905. The Morgan fingerprint density at radius 1 is 1.17 bits per heavy atom. The highest BCUT2D eigenvalue weighted by atomic mass is 16.2. The van der Waals surface area contributed by atoms with E-state index in [2.05, 4.69) is 10.3 Å². The molecule has 5 heteroatoms. The third-order valence-corrected chi connectivity index (χ3v) is 4.00. The molecule has 1 aliphatic rings. The highest BCUT2D eigenvalue weighted by molar-refractivity contribution is 5.91. The van der Waals surface area contributed by atoms with E-state index in [9.17, 15) is 9.59 Å². The number of carbonyl (C=O) groups is 2. The summed E-state index contributed by atoms with van der Waals surface area (Å²) in [6.07, 6.45) is 3.82. The number of amides is 2. The van der Waals surface area contributed by atoms with Gasteiger partial charge in [0.2, 0.25) is 11.8 Å². The maximum atomic E-state index is 12.5. The van der Waals surface area contributed by atoms with Crippen molar-refractivity contribution in [3.05, 3.63) is 65.5 Å². The first kappa shape index (κ1) is 15.9. The number of nitrogens with one attached hydrogen (secondary N) is 1. The average molecular weight is 321 g/mol. The van der Waals surface area contributed by atoms with Crippen molar-refractivity contribution < 1.29 is 9.59 Å². The second-order valence-electron chi connectivity index (χ2n) is 5.80. The van der Waals surface area contributed by atoms with Gasteiger partial charge >= 0.3 is 0 Å². The van der Waals surface area contributed by atoms with Crippen LogP contribution in [0.4, 0.5) is 5.82 Å². The van der Waals surface area contributed by atoms with E-state index >= 15 is 0 Å². The number of nitrogens with zero attached hydrogens (tertiary/aromatic N) is 2. The number of hydrogen-bond donors (Lipinski definition) is 1. The summed E-state index contributed by atoms with van der Waals surface area (Å²) >= 11 is 0. The molecule has 2 amide bonds. The van der Waals surface area contributed by atoms with Gasteiger partial charge in [0.25, 0.3) is 0 Å². The van der Waals surface area contributed by atoms with Crippen LogP contribution < -0.4 is 5.32 Å². The van der Waals surface area contributed by atoms with Gasteiger partial charge in [0.05, 0.1) is 12.5 Å². The summed E-state index contributed by atoms with van der Waals surface area (Å²) < 4.78 is 0. The van der Waals surface area contributed by atoms with E-state index in [1.54, 1.807) is 17.2 Å². The molecule has 1 atom stereocenters. The minimum Gasteiger partial charge on any atom is -0.311 e. The maximum absolute atomic E-state index is 12.5. The normalized spacial score (nSPS) is 15.8. The molecule has 1 aliphatic heterocycles. The summed E-state index contributed by atoms with van der Waals surface area (Å²) in [7, 11) is 0. The molecule has 0 aliphatic carbocycles. The molecular formula is C19H19N3O2. The third-order valence-electron chi connectivity index (χ3n) is 4.00. The topological polar surface area (TPSA) is 62.3 Å². The maximum Gasteiger partial charge on any atom is 0.227 e. The summed E-state index contributed by atoms with van der Waals surface area (Å²) in [5.74, 6) is 0.260. The van der Waals surface area contributed by atoms with Gasteiger partial charge in [-0.2, -0.15) is 0 Å². The molecule has 0 saturated carbocycles. The van der Waals surface area contributed by atoms with E-state index in [-0.39, 0.29) is 24.3 Å². The number of fused-ring (bicyclic) bond motifs is 1. The molecule has 2 heterocycles. The zero-order chi connectivity index (χ0) is 17.1. The molecule has 0 saturated heterocycles. The Labute approximate surface area is 141 Å². The van der Waals surface area contributed by atoms with Crippen molar-refractivity contribution in [1.82, 2.24) is 9.88 Å². The fourth-order valence-electron chi connectivity index (χ4n) is 2.90. The Kier molecular flexibility index (Phi) is 4.42. The van der Waals surface area contributed by atoms with Gasteiger partial charge in [0.15, 0.2) is 0 Å². The van der Waals surface area contributed by atoms with Crippen LogP contribution in [0.25, 0.3) is 6.08 Å². The van der Waals surface area contributed by atoms with Crippen molar-refractivity contribution in [3.8, 4) is 0 Å². The highest BCUT2D eigenvalue weighted by Crippen LogP contribution is 2.32. The lowest BCUT2D eigenvalue weighted by Gasteiger charge is -2.32. The number of carbonyl (C=O) groups excluding carboxylic acids is 2. The van der Waals surface area contributed by atoms with Gasteiger partial charge in [0.1, 0.15) is 5.82 Å². The van der Waals surface area contributed by atoms with E-state index in [1.807, 2.05) is 49.4 Å². The highest BCUT2D eigenvalue weighted by Gasteiger charge is 2.28. The van der Waals surface area contributed by atoms with Gasteiger partial charge in [-0.25, -0.2) is 4.98 Å². The Balaban J connectivity index is 1.82. The second-order valence-corrected chi connectivity index (χ2v) is 5.80. The molecule has 0 spiro atoms. The molecule has 0 fully saturated rings. The van der Waals surface area contributed by atoms with Crippen LogP contribution in [0.15, 0.2) is 48.7 Å². The van der Waals surface area contributed by atoms with Crippen molar-refractivity contribution in [3.63, 3.8) is 0 Å². The van der Waals surface area contributed by atoms with Crippen LogP contribution in [0.3, 0.4) is 0 Å². The molecule has 24 heavy (non-hydrogen) atoms. The van der Waals surface area contributed by atoms with E-state index in [0.29, 0.717) is 5.82 Å². The summed E-state index contributed by atoms with van der Waals surface area (Å²) in [6.45, 7) is 3.38. The third kappa shape index (κ3) is 3.35. The van der Waals surface area contributed by atoms with E-state index in [4.69, 9.17) is 0 Å². The van der Waals surface area contributed by atoms with E-state index in [1.165, 1.54) is 6.92 Å². The SMILES string of the molecule is CC(=O)N1C=Cc2ccccc2[C@H]1CC(=O)Nc1cccc(C)n1. The van der Waals surface area contributed by atoms with Crippen molar-refractivity contribution in [2.24, 2.45) is 0 Å². The predicted molar refractivity (Wildman–Crippen MR) is 93.0 cm³/mol. The van der Waals surface area contributed by atoms with Crippen molar-refractivity contribution in [2.45, 2.75) is 26.3 Å². The molecule has 2 aromatic rings. The molecule has 1 aromatic carbocycles. The van der Waals surface area contributed by atoms with Crippen LogP contribution in [-0.4, -0.2) is 21.7 Å². The van der Waals surface area contributed by atoms with Gasteiger partial charge < -0.3 is 10.2 Å². The number of pyridine rings is 1. The predicted octanol–water partition coefficient (Wildman–Crippen LogP) is 3.29. The Bertz CT molecular complexity index is 814. The van der Waals surface area contributed by atoms with Crippen molar-refractivity contribution >= 4 is 23.7 Å². The quantitative estimate of drug-likeness (QED) is 0.943. The lowest BCUT2D eigenvalue weighted by molar-refractivity contribution is -0.129. The van der Waals surface area contributed by atoms with E-state index < -0.39 is 0 Å². The first-order valence-electron chi connectivity index (χ1n) is 7.84. The molecule has 5 nitrogen and oxygen atoms in total. The molecule has 122 valence electrons. The molecule has 0 radical (unpaired) electrons. The summed E-state index contributed by atoms with van der Waals surface area (Å²) in [5, 5.41) is 2.81. The molecule has 3 rings (SSSR count). The Hall–Kier alpha value is -2.95. The number of hydrogen-bond acceptors (Lipinski definition) is 3. The van der Waals surface area contributed by atoms with Crippen molar-refractivity contribution in [1.29, 1.82) is 0 Å². The zero-order valence-electron chi connectivity index (χ0n) is 13.7. The summed E-state index contributed by atoms with van der Waals surface area (Å²) in [5.41, 5.74) is 2.84. The van der Waals surface area contributed by atoms with Crippen LogP contribution in [0.1, 0.15) is 36.2 Å². The van der Waals surface area contributed by atoms with Crippen LogP contribution in [0.5, 0.6) is 0 Å². The first-order valence-corrected chi connectivity index (χ1v) is 7.84. The summed E-state index contributed by atoms with van der Waals surface area (Å²) in [6, 6.07) is 13.0. The van der Waals surface area contributed by atoms with Gasteiger partial charge in [-0.05, 0) is 36.3 Å². The molecular weight excluding hydrogens is 302 g/mol. The Morgan fingerprint density at radius 3 is 2.71 bits per heavy atom. The largest absolute Gasteiger partial charge is 0.311 e. The minimum atomic E-state index is -0.312. The lowest BCUT2D eigenvalue weighted by Crippen LogP contribution is -2.33. The molecule has 1 aromatic heterocycles. The molecule has 0 unspecified atom stereocenters. The first-order chi connectivity index (χ1) is 11.5. The van der Waals surface area contributed by atoms with Crippen LogP contribution in [-0.2, 0) is 9.59 Å². The number of benzene rings is 1. The zero-order valence-corrected chi connectivity index (χ0v) is 13.7. The van der Waals surface area contributed by atoms with Crippen molar-refractivity contribution in [2.75, 3.05) is 5.32 Å². The second kappa shape index (κ2) is 6.66. The van der Waals surface area contributed by atoms with Gasteiger partial charge in [0, 0.05) is 18.8 Å².